The van der Waals surface area contributed by atoms with Crippen molar-refractivity contribution in [2.45, 2.75) is 6.42 Å². The molecule has 1 N–H and O–H groups in total. The fraction of sp³-hybridized carbons (Fsp3) is 0.353. The highest BCUT2D eigenvalue weighted by atomic mass is 35.5. The van der Waals surface area contributed by atoms with E-state index in [1.165, 1.54) is 12.1 Å². The van der Waals surface area contributed by atoms with Gasteiger partial charge in [0.1, 0.15) is 5.82 Å². The fourth-order valence-corrected chi connectivity index (χ4v) is 2.85. The Bertz CT molecular complexity index is 727. The van der Waals surface area contributed by atoms with Crippen molar-refractivity contribution in [3.63, 3.8) is 0 Å². The summed E-state index contributed by atoms with van der Waals surface area (Å²) in [4.78, 5) is 25.1. The van der Waals surface area contributed by atoms with Gasteiger partial charge in [0.15, 0.2) is 0 Å². The molecule has 0 unspecified atom stereocenters. The Hall–Kier alpha value is -2.25. The summed E-state index contributed by atoms with van der Waals surface area (Å²) in [5, 5.41) is 2.90. The van der Waals surface area contributed by atoms with Crippen molar-refractivity contribution >= 4 is 29.1 Å². The summed E-state index contributed by atoms with van der Waals surface area (Å²) in [6.07, 6.45) is 2.97. The van der Waals surface area contributed by atoms with Crippen LogP contribution in [-0.4, -0.2) is 54.0 Å². The van der Waals surface area contributed by atoms with Gasteiger partial charge in [-0.1, -0.05) is 17.7 Å². The average Bonchev–Trinajstić information content (AvgIpc) is 2.60. The van der Waals surface area contributed by atoms with Crippen LogP contribution in [0.4, 0.5) is 16.0 Å². The van der Waals surface area contributed by atoms with Crippen LogP contribution in [0.1, 0.15) is 5.56 Å². The molecule has 2 heterocycles. The first-order valence-corrected chi connectivity index (χ1v) is 8.39. The van der Waals surface area contributed by atoms with E-state index in [1.54, 1.807) is 18.5 Å². The highest BCUT2D eigenvalue weighted by Gasteiger charge is 2.17. The number of nitrogens with one attached hydrogen (secondary N) is 1. The minimum Gasteiger partial charge on any atom is -0.338 e. The molecule has 3 rings (SSSR count). The topological polar surface area (TPSA) is 61.4 Å². The van der Waals surface area contributed by atoms with E-state index in [-0.39, 0.29) is 22.9 Å². The first kappa shape index (κ1) is 17.6. The minimum absolute atomic E-state index is 0.147. The lowest BCUT2D eigenvalue weighted by molar-refractivity contribution is -0.115. The first-order valence-electron chi connectivity index (χ1n) is 8.01. The average molecular weight is 364 g/mol. The zero-order valence-corrected chi connectivity index (χ0v) is 14.6. The van der Waals surface area contributed by atoms with Crippen LogP contribution in [0.15, 0.2) is 30.6 Å². The maximum atomic E-state index is 13.7. The number of likely N-dealkylation sites (N-methyl/N-ethyl adjacent to an activating group) is 1. The molecule has 1 aliphatic rings. The van der Waals surface area contributed by atoms with Gasteiger partial charge in [-0.25, -0.2) is 14.4 Å². The number of aromatic nitrogens is 2. The van der Waals surface area contributed by atoms with Crippen LogP contribution in [0.25, 0.3) is 0 Å². The minimum atomic E-state index is -0.496. The number of rotatable bonds is 4. The number of anilines is 2. The van der Waals surface area contributed by atoms with Gasteiger partial charge in [-0.3, -0.25) is 4.79 Å². The Kier molecular flexibility index (Phi) is 5.45. The van der Waals surface area contributed by atoms with Crippen molar-refractivity contribution in [1.82, 2.24) is 14.9 Å². The number of carbonyl (C=O) groups is 1. The Morgan fingerprint density at radius 1 is 1.24 bits per heavy atom. The lowest BCUT2D eigenvalue weighted by Crippen LogP contribution is -2.45. The van der Waals surface area contributed by atoms with Gasteiger partial charge in [0.25, 0.3) is 0 Å². The molecule has 1 aromatic heterocycles. The first-order chi connectivity index (χ1) is 12.0. The molecule has 0 spiro atoms. The van der Waals surface area contributed by atoms with E-state index in [2.05, 4.69) is 32.1 Å². The molecule has 0 atom stereocenters. The summed E-state index contributed by atoms with van der Waals surface area (Å²) in [6, 6.07) is 4.34. The SMILES string of the molecule is CN1CCN(c2ncc(NC(=O)Cc3c(F)cccc3Cl)cn2)CC1. The second-order valence-electron chi connectivity index (χ2n) is 5.99. The van der Waals surface area contributed by atoms with Crippen LogP contribution < -0.4 is 10.2 Å². The van der Waals surface area contributed by atoms with Crippen LogP contribution in [0.3, 0.4) is 0 Å². The molecule has 0 aliphatic carbocycles. The van der Waals surface area contributed by atoms with E-state index in [0.29, 0.717) is 11.6 Å². The lowest BCUT2D eigenvalue weighted by Gasteiger charge is -2.32. The molecule has 0 radical (unpaired) electrons. The smallest absolute Gasteiger partial charge is 0.229 e. The number of amides is 1. The molecule has 0 saturated carbocycles. The zero-order valence-electron chi connectivity index (χ0n) is 13.9. The Morgan fingerprint density at radius 3 is 2.56 bits per heavy atom. The monoisotopic (exact) mass is 363 g/mol. The van der Waals surface area contributed by atoms with Crippen molar-refractivity contribution in [2.24, 2.45) is 0 Å². The van der Waals surface area contributed by atoms with Crippen molar-refractivity contribution in [3.05, 3.63) is 47.0 Å². The molecular formula is C17H19ClFN5O. The van der Waals surface area contributed by atoms with Gasteiger partial charge in [0.2, 0.25) is 11.9 Å². The third-order valence-corrected chi connectivity index (χ3v) is 4.46. The van der Waals surface area contributed by atoms with Crippen molar-refractivity contribution in [3.8, 4) is 0 Å². The third-order valence-electron chi connectivity index (χ3n) is 4.11. The Labute approximate surface area is 150 Å². The van der Waals surface area contributed by atoms with Gasteiger partial charge in [0, 0.05) is 36.8 Å². The summed E-state index contributed by atoms with van der Waals surface area (Å²) >= 11 is 5.94. The van der Waals surface area contributed by atoms with Gasteiger partial charge >= 0.3 is 0 Å². The maximum absolute atomic E-state index is 13.7. The van der Waals surface area contributed by atoms with Crippen LogP contribution in [-0.2, 0) is 11.2 Å². The van der Waals surface area contributed by atoms with E-state index in [4.69, 9.17) is 11.6 Å². The summed E-state index contributed by atoms with van der Waals surface area (Å²) in [6.45, 7) is 3.67. The molecule has 1 saturated heterocycles. The number of benzene rings is 1. The Morgan fingerprint density at radius 2 is 1.92 bits per heavy atom. The second kappa shape index (κ2) is 7.76. The number of nitrogens with zero attached hydrogens (tertiary/aromatic N) is 4. The summed E-state index contributed by atoms with van der Waals surface area (Å²) in [5.74, 6) is -0.226. The molecule has 1 amide bonds. The van der Waals surface area contributed by atoms with Crippen molar-refractivity contribution in [2.75, 3.05) is 43.4 Å². The molecule has 132 valence electrons. The number of hydrogen-bond donors (Lipinski definition) is 1. The molecule has 6 nitrogen and oxygen atoms in total. The molecular weight excluding hydrogens is 345 g/mol. The maximum Gasteiger partial charge on any atom is 0.229 e. The third kappa shape index (κ3) is 4.43. The van der Waals surface area contributed by atoms with Gasteiger partial charge in [-0.2, -0.15) is 0 Å². The molecule has 1 aromatic carbocycles. The fourth-order valence-electron chi connectivity index (χ4n) is 2.62. The van der Waals surface area contributed by atoms with Gasteiger partial charge < -0.3 is 15.1 Å². The van der Waals surface area contributed by atoms with Crippen molar-refractivity contribution in [1.29, 1.82) is 0 Å². The second-order valence-corrected chi connectivity index (χ2v) is 6.39. The van der Waals surface area contributed by atoms with E-state index in [1.807, 2.05) is 0 Å². The summed E-state index contributed by atoms with van der Waals surface area (Å²) in [7, 11) is 2.08. The molecule has 25 heavy (non-hydrogen) atoms. The zero-order chi connectivity index (χ0) is 17.8. The van der Waals surface area contributed by atoms with Crippen LogP contribution in [0.2, 0.25) is 5.02 Å². The number of piperazine rings is 1. The molecule has 1 aliphatic heterocycles. The number of halogens is 2. The van der Waals surface area contributed by atoms with Crippen molar-refractivity contribution < 1.29 is 9.18 Å². The highest BCUT2D eigenvalue weighted by molar-refractivity contribution is 6.31. The quantitative estimate of drug-likeness (QED) is 0.902. The number of carbonyl (C=O) groups excluding carboxylic acids is 1. The van der Waals surface area contributed by atoms with Gasteiger partial charge in [0.05, 0.1) is 24.5 Å². The molecule has 1 fully saturated rings. The standard InChI is InChI=1S/C17H19ClFN5O/c1-23-5-7-24(8-6-23)17-20-10-12(11-21-17)22-16(25)9-13-14(18)3-2-4-15(13)19/h2-4,10-11H,5-9H2,1H3,(H,22,25). The van der Waals surface area contributed by atoms with E-state index >= 15 is 0 Å². The Balaban J connectivity index is 1.60. The number of hydrogen-bond acceptors (Lipinski definition) is 5. The normalized spacial score (nSPS) is 15.2. The molecule has 8 heteroatoms. The van der Waals surface area contributed by atoms with Crippen LogP contribution >= 0.6 is 11.6 Å². The van der Waals surface area contributed by atoms with E-state index in [9.17, 15) is 9.18 Å². The van der Waals surface area contributed by atoms with E-state index < -0.39 is 5.82 Å². The van der Waals surface area contributed by atoms with Crippen LogP contribution in [0, 0.1) is 5.82 Å². The molecule has 0 bridgehead atoms. The summed E-state index contributed by atoms with van der Waals surface area (Å²) < 4.78 is 13.7. The highest BCUT2D eigenvalue weighted by Crippen LogP contribution is 2.20. The lowest BCUT2D eigenvalue weighted by atomic mass is 10.1. The van der Waals surface area contributed by atoms with Gasteiger partial charge in [-0.15, -0.1) is 0 Å². The predicted octanol–water partition coefficient (Wildman–Crippen LogP) is 2.20. The summed E-state index contributed by atoms with van der Waals surface area (Å²) in [5.41, 5.74) is 0.645. The molecule has 2 aromatic rings. The largest absolute Gasteiger partial charge is 0.338 e. The van der Waals surface area contributed by atoms with Gasteiger partial charge in [-0.05, 0) is 19.2 Å². The van der Waals surface area contributed by atoms with E-state index in [0.717, 1.165) is 26.2 Å². The predicted molar refractivity (Wildman–Crippen MR) is 95.5 cm³/mol. The van der Waals surface area contributed by atoms with Crippen LogP contribution in [0.5, 0.6) is 0 Å².